The van der Waals surface area contributed by atoms with Gasteiger partial charge in [0.2, 0.25) is 0 Å². The molecule has 0 unspecified atom stereocenters. The van der Waals surface area contributed by atoms with E-state index in [-0.39, 0.29) is 5.41 Å². The van der Waals surface area contributed by atoms with E-state index in [0.717, 1.165) is 51.1 Å². The fourth-order valence-corrected chi connectivity index (χ4v) is 2.94. The second-order valence-corrected chi connectivity index (χ2v) is 6.18. The molecule has 1 aliphatic rings. The van der Waals surface area contributed by atoms with E-state index in [2.05, 4.69) is 18.9 Å². The van der Waals surface area contributed by atoms with Crippen molar-refractivity contribution in [3.63, 3.8) is 0 Å². The molecule has 1 aliphatic carbocycles. The minimum atomic E-state index is -0.0851. The number of nitrogens with zero attached hydrogens (tertiary/aromatic N) is 1. The highest BCUT2D eigenvalue weighted by Crippen LogP contribution is 2.37. The van der Waals surface area contributed by atoms with Crippen molar-refractivity contribution in [2.45, 2.75) is 51.9 Å². The van der Waals surface area contributed by atoms with E-state index in [1.807, 2.05) is 0 Å². The van der Waals surface area contributed by atoms with Crippen molar-refractivity contribution < 1.29 is 9.90 Å². The summed E-state index contributed by atoms with van der Waals surface area (Å²) in [7, 11) is 2.11. The van der Waals surface area contributed by atoms with E-state index in [0.29, 0.717) is 6.61 Å². The Morgan fingerprint density at radius 1 is 1.28 bits per heavy atom. The van der Waals surface area contributed by atoms with Gasteiger partial charge in [0.05, 0.1) is 0 Å². The number of carbonyl (C=O) groups excluding carboxylic acids is 1. The Labute approximate surface area is 112 Å². The lowest BCUT2D eigenvalue weighted by molar-refractivity contribution is -0.119. The maximum absolute atomic E-state index is 11.4. The summed E-state index contributed by atoms with van der Waals surface area (Å²) >= 11 is 0. The van der Waals surface area contributed by atoms with Crippen LogP contribution in [0.4, 0.5) is 0 Å². The van der Waals surface area contributed by atoms with Crippen molar-refractivity contribution in [3.05, 3.63) is 0 Å². The fourth-order valence-electron chi connectivity index (χ4n) is 2.94. The highest BCUT2D eigenvalue weighted by Gasteiger charge is 2.34. The number of hydrogen-bond donors (Lipinski definition) is 1. The third-order valence-electron chi connectivity index (χ3n) is 4.30. The van der Waals surface area contributed by atoms with Crippen LogP contribution in [0.15, 0.2) is 0 Å². The van der Waals surface area contributed by atoms with Crippen molar-refractivity contribution >= 4 is 6.29 Å². The molecule has 0 radical (unpaired) electrons. The van der Waals surface area contributed by atoms with E-state index in [4.69, 9.17) is 5.11 Å². The Morgan fingerprint density at radius 3 is 2.50 bits per heavy atom. The monoisotopic (exact) mass is 255 g/mol. The highest BCUT2D eigenvalue weighted by molar-refractivity contribution is 5.60. The first-order chi connectivity index (χ1) is 8.62. The number of rotatable bonds is 8. The number of aldehydes is 1. The Balaban J connectivity index is 2.31. The number of carbonyl (C=O) groups is 1. The van der Waals surface area contributed by atoms with Gasteiger partial charge in [-0.3, -0.25) is 0 Å². The van der Waals surface area contributed by atoms with E-state index in [9.17, 15) is 4.79 Å². The normalized spacial score (nSPS) is 28.6. The molecule has 0 amide bonds. The molecule has 1 saturated carbocycles. The molecule has 0 aromatic carbocycles. The molecule has 0 aliphatic heterocycles. The Kier molecular flexibility index (Phi) is 6.87. The van der Waals surface area contributed by atoms with Gasteiger partial charge in [-0.2, -0.15) is 0 Å². The van der Waals surface area contributed by atoms with Gasteiger partial charge in [0.25, 0.3) is 0 Å². The van der Waals surface area contributed by atoms with Crippen LogP contribution in [0.5, 0.6) is 0 Å². The number of unbranched alkanes of at least 4 members (excludes halogenated alkanes) is 2. The predicted molar refractivity (Wildman–Crippen MR) is 74.6 cm³/mol. The molecule has 0 heterocycles. The van der Waals surface area contributed by atoms with Crippen molar-refractivity contribution in [3.8, 4) is 0 Å². The van der Waals surface area contributed by atoms with Gasteiger partial charge in [-0.25, -0.2) is 0 Å². The SMILES string of the molecule is CC1CCC(C=O)(CN(C)CCCCCO)CC1. The van der Waals surface area contributed by atoms with Crippen molar-refractivity contribution in [2.75, 3.05) is 26.7 Å². The highest BCUT2D eigenvalue weighted by atomic mass is 16.2. The molecule has 0 aromatic rings. The zero-order chi connectivity index (χ0) is 13.4. The third kappa shape index (κ3) is 5.07. The number of hydrogen-bond acceptors (Lipinski definition) is 3. The third-order valence-corrected chi connectivity index (χ3v) is 4.30. The van der Waals surface area contributed by atoms with E-state index in [1.54, 1.807) is 0 Å². The molecule has 1 N–H and O–H groups in total. The summed E-state index contributed by atoms with van der Waals surface area (Å²) in [5, 5.41) is 8.74. The first kappa shape index (κ1) is 15.6. The molecule has 0 aromatic heterocycles. The minimum Gasteiger partial charge on any atom is -0.396 e. The lowest BCUT2D eigenvalue weighted by atomic mass is 9.71. The average molecular weight is 255 g/mol. The Morgan fingerprint density at radius 2 is 1.94 bits per heavy atom. The van der Waals surface area contributed by atoms with E-state index < -0.39 is 0 Å². The standard InChI is InChI=1S/C15H29NO2/c1-14-6-8-15(13-18,9-7-14)12-16(2)10-4-3-5-11-17/h13-14,17H,3-12H2,1-2H3. The summed E-state index contributed by atoms with van der Waals surface area (Å²) in [6.45, 7) is 4.51. The summed E-state index contributed by atoms with van der Waals surface area (Å²) in [6, 6.07) is 0. The van der Waals surface area contributed by atoms with Crippen LogP contribution in [-0.4, -0.2) is 43.0 Å². The fraction of sp³-hybridized carbons (Fsp3) is 0.933. The molecule has 0 saturated heterocycles. The van der Waals surface area contributed by atoms with Crippen molar-refractivity contribution in [2.24, 2.45) is 11.3 Å². The van der Waals surface area contributed by atoms with Crippen LogP contribution >= 0.6 is 0 Å². The number of aliphatic hydroxyl groups is 1. The molecule has 0 bridgehead atoms. The van der Waals surface area contributed by atoms with Gasteiger partial charge >= 0.3 is 0 Å². The molecule has 1 fully saturated rings. The van der Waals surface area contributed by atoms with Crippen LogP contribution in [0.3, 0.4) is 0 Å². The molecule has 106 valence electrons. The van der Waals surface area contributed by atoms with E-state index >= 15 is 0 Å². The number of aliphatic hydroxyl groups excluding tert-OH is 1. The molecular formula is C15H29NO2. The molecule has 1 rings (SSSR count). The average Bonchev–Trinajstić information content (AvgIpc) is 2.38. The maximum atomic E-state index is 11.4. The molecule has 18 heavy (non-hydrogen) atoms. The zero-order valence-electron chi connectivity index (χ0n) is 12.0. The summed E-state index contributed by atoms with van der Waals surface area (Å²) in [5.41, 5.74) is -0.0851. The minimum absolute atomic E-state index is 0.0851. The van der Waals surface area contributed by atoms with Crippen molar-refractivity contribution in [1.29, 1.82) is 0 Å². The lowest BCUT2D eigenvalue weighted by Gasteiger charge is -2.37. The van der Waals surface area contributed by atoms with Crippen LogP contribution in [0.2, 0.25) is 0 Å². The van der Waals surface area contributed by atoms with Gasteiger partial charge in [0.1, 0.15) is 6.29 Å². The summed E-state index contributed by atoms with van der Waals surface area (Å²) in [5.74, 6) is 0.785. The van der Waals surface area contributed by atoms with Gasteiger partial charge in [-0.05, 0) is 64.5 Å². The largest absolute Gasteiger partial charge is 0.396 e. The van der Waals surface area contributed by atoms with Gasteiger partial charge in [-0.15, -0.1) is 0 Å². The van der Waals surface area contributed by atoms with Crippen LogP contribution in [-0.2, 0) is 4.79 Å². The summed E-state index contributed by atoms with van der Waals surface area (Å²) in [4.78, 5) is 13.7. The van der Waals surface area contributed by atoms with Gasteiger partial charge in [0, 0.05) is 18.6 Å². The predicted octanol–water partition coefficient (Wildman–Crippen LogP) is 2.48. The van der Waals surface area contributed by atoms with Gasteiger partial charge in [-0.1, -0.05) is 6.92 Å². The Bertz CT molecular complexity index is 235. The van der Waals surface area contributed by atoms with E-state index in [1.165, 1.54) is 19.1 Å². The molecule has 3 heteroatoms. The molecular weight excluding hydrogens is 226 g/mol. The van der Waals surface area contributed by atoms with Gasteiger partial charge in [0.15, 0.2) is 0 Å². The second-order valence-electron chi connectivity index (χ2n) is 6.18. The smallest absolute Gasteiger partial charge is 0.127 e. The lowest BCUT2D eigenvalue weighted by Crippen LogP contribution is -2.40. The topological polar surface area (TPSA) is 40.5 Å². The summed E-state index contributed by atoms with van der Waals surface area (Å²) < 4.78 is 0. The zero-order valence-corrected chi connectivity index (χ0v) is 12.0. The first-order valence-electron chi connectivity index (χ1n) is 7.37. The van der Waals surface area contributed by atoms with Gasteiger partial charge < -0.3 is 14.8 Å². The van der Waals surface area contributed by atoms with Crippen LogP contribution < -0.4 is 0 Å². The van der Waals surface area contributed by atoms with Crippen LogP contribution in [0.25, 0.3) is 0 Å². The Hall–Kier alpha value is -0.410. The molecule has 3 nitrogen and oxygen atoms in total. The molecule has 0 atom stereocenters. The second kappa shape index (κ2) is 7.90. The quantitative estimate of drug-likeness (QED) is 0.535. The van der Waals surface area contributed by atoms with Crippen LogP contribution in [0, 0.1) is 11.3 Å². The molecule has 0 spiro atoms. The summed E-state index contributed by atoms with van der Waals surface area (Å²) in [6.07, 6.45) is 8.78. The van der Waals surface area contributed by atoms with Crippen molar-refractivity contribution in [1.82, 2.24) is 4.90 Å². The maximum Gasteiger partial charge on any atom is 0.127 e. The first-order valence-corrected chi connectivity index (χ1v) is 7.37. The van der Waals surface area contributed by atoms with Crippen LogP contribution in [0.1, 0.15) is 51.9 Å².